The number of rotatable bonds is 3. The molecule has 0 bridgehead atoms. The third kappa shape index (κ3) is 2.76. The molecule has 2 rings (SSSR count). The Labute approximate surface area is 113 Å². The Bertz CT molecular complexity index is 633. The zero-order valence-electron chi connectivity index (χ0n) is 11.4. The van der Waals surface area contributed by atoms with Gasteiger partial charge in [-0.25, -0.2) is 0 Å². The molecule has 0 amide bonds. The topological polar surface area (TPSA) is 52.3 Å². The summed E-state index contributed by atoms with van der Waals surface area (Å²) in [6.07, 6.45) is 0. The van der Waals surface area contributed by atoms with Gasteiger partial charge in [0.15, 0.2) is 5.78 Å². The Morgan fingerprint density at radius 3 is 2.58 bits per heavy atom. The van der Waals surface area contributed by atoms with Crippen molar-refractivity contribution in [1.82, 2.24) is 0 Å². The molecular formula is C16H17NO2. The highest BCUT2D eigenvalue weighted by Crippen LogP contribution is 2.28. The number of ketones is 1. The molecule has 2 N–H and O–H groups in total. The molecule has 0 heterocycles. The molecule has 98 valence electrons. The molecule has 3 nitrogen and oxygen atoms in total. The summed E-state index contributed by atoms with van der Waals surface area (Å²) in [4.78, 5) is 11.5. The SMILES string of the molecule is CC(=O)c1cc(Oc2cccc(C)c2C)ccc1N. The van der Waals surface area contributed by atoms with E-state index in [2.05, 4.69) is 0 Å². The summed E-state index contributed by atoms with van der Waals surface area (Å²) in [6, 6.07) is 11.0. The van der Waals surface area contributed by atoms with Crippen molar-refractivity contribution in [3.8, 4) is 11.5 Å². The number of nitrogens with two attached hydrogens (primary N) is 1. The molecule has 2 aromatic rings. The number of anilines is 1. The number of hydrogen-bond donors (Lipinski definition) is 1. The quantitative estimate of drug-likeness (QED) is 0.669. The zero-order valence-corrected chi connectivity index (χ0v) is 11.4. The predicted octanol–water partition coefficient (Wildman–Crippen LogP) is 3.88. The number of nitrogen functional groups attached to an aromatic ring is 1. The number of benzene rings is 2. The molecule has 0 aliphatic carbocycles. The zero-order chi connectivity index (χ0) is 14.0. The van der Waals surface area contributed by atoms with E-state index >= 15 is 0 Å². The van der Waals surface area contributed by atoms with Gasteiger partial charge in [-0.2, -0.15) is 0 Å². The van der Waals surface area contributed by atoms with Crippen LogP contribution in [0.5, 0.6) is 11.5 Å². The number of Topliss-reactive ketones (excluding diaryl/α,β-unsaturated/α-hetero) is 1. The molecule has 2 aromatic carbocycles. The van der Waals surface area contributed by atoms with Crippen LogP contribution in [0.4, 0.5) is 5.69 Å². The summed E-state index contributed by atoms with van der Waals surface area (Å²) in [6.45, 7) is 5.54. The fourth-order valence-corrected chi connectivity index (χ4v) is 1.87. The Hall–Kier alpha value is -2.29. The lowest BCUT2D eigenvalue weighted by atomic mass is 10.1. The first-order chi connectivity index (χ1) is 8.99. The molecular weight excluding hydrogens is 238 g/mol. The van der Waals surface area contributed by atoms with E-state index in [-0.39, 0.29) is 5.78 Å². The van der Waals surface area contributed by atoms with Gasteiger partial charge in [-0.1, -0.05) is 12.1 Å². The van der Waals surface area contributed by atoms with E-state index < -0.39 is 0 Å². The highest BCUT2D eigenvalue weighted by atomic mass is 16.5. The van der Waals surface area contributed by atoms with E-state index in [1.165, 1.54) is 12.5 Å². The van der Waals surface area contributed by atoms with Crippen LogP contribution in [0.1, 0.15) is 28.4 Å². The monoisotopic (exact) mass is 255 g/mol. The first-order valence-electron chi connectivity index (χ1n) is 6.13. The largest absolute Gasteiger partial charge is 0.457 e. The van der Waals surface area contributed by atoms with Crippen LogP contribution in [-0.4, -0.2) is 5.78 Å². The van der Waals surface area contributed by atoms with Gasteiger partial charge in [0.2, 0.25) is 0 Å². The summed E-state index contributed by atoms with van der Waals surface area (Å²) < 4.78 is 5.83. The van der Waals surface area contributed by atoms with Crippen LogP contribution in [-0.2, 0) is 0 Å². The lowest BCUT2D eigenvalue weighted by molar-refractivity contribution is 0.101. The summed E-state index contributed by atoms with van der Waals surface area (Å²) >= 11 is 0. The maximum atomic E-state index is 11.5. The van der Waals surface area contributed by atoms with Crippen molar-refractivity contribution in [3.05, 3.63) is 53.1 Å². The second-order valence-electron chi connectivity index (χ2n) is 4.61. The molecule has 0 saturated carbocycles. The van der Waals surface area contributed by atoms with Crippen molar-refractivity contribution in [3.63, 3.8) is 0 Å². The summed E-state index contributed by atoms with van der Waals surface area (Å²) in [5.41, 5.74) is 8.98. The van der Waals surface area contributed by atoms with Crippen LogP contribution in [0.15, 0.2) is 36.4 Å². The molecule has 0 aromatic heterocycles. The third-order valence-electron chi connectivity index (χ3n) is 3.19. The molecule has 0 unspecified atom stereocenters. The van der Waals surface area contributed by atoms with E-state index in [9.17, 15) is 4.79 Å². The molecule has 0 radical (unpaired) electrons. The van der Waals surface area contributed by atoms with Crippen LogP contribution in [0.3, 0.4) is 0 Å². The Morgan fingerprint density at radius 1 is 1.16 bits per heavy atom. The van der Waals surface area contributed by atoms with E-state index in [1.54, 1.807) is 18.2 Å². The fraction of sp³-hybridized carbons (Fsp3) is 0.188. The lowest BCUT2D eigenvalue weighted by Crippen LogP contribution is -2.00. The van der Waals surface area contributed by atoms with Gasteiger partial charge in [-0.15, -0.1) is 0 Å². The first kappa shape index (κ1) is 13.1. The minimum atomic E-state index is -0.0658. The number of aryl methyl sites for hydroxylation is 1. The second kappa shape index (κ2) is 5.14. The summed E-state index contributed by atoms with van der Waals surface area (Å²) in [7, 11) is 0. The molecule has 0 spiro atoms. The predicted molar refractivity (Wildman–Crippen MR) is 76.8 cm³/mol. The van der Waals surface area contributed by atoms with Gasteiger partial charge in [-0.3, -0.25) is 4.79 Å². The van der Waals surface area contributed by atoms with Crippen molar-refractivity contribution in [2.24, 2.45) is 0 Å². The summed E-state index contributed by atoms with van der Waals surface area (Å²) in [5, 5.41) is 0. The van der Waals surface area contributed by atoms with Gasteiger partial charge in [0.1, 0.15) is 11.5 Å². The minimum absolute atomic E-state index is 0.0658. The van der Waals surface area contributed by atoms with Gasteiger partial charge in [0.05, 0.1) is 0 Å². The number of hydrogen-bond acceptors (Lipinski definition) is 3. The molecule has 0 aliphatic heterocycles. The number of ether oxygens (including phenoxy) is 1. The Morgan fingerprint density at radius 2 is 1.89 bits per heavy atom. The fourth-order valence-electron chi connectivity index (χ4n) is 1.87. The van der Waals surface area contributed by atoms with Crippen LogP contribution < -0.4 is 10.5 Å². The lowest BCUT2D eigenvalue weighted by Gasteiger charge is -2.12. The number of carbonyl (C=O) groups is 1. The van der Waals surface area contributed by atoms with E-state index in [1.807, 2.05) is 32.0 Å². The van der Waals surface area contributed by atoms with Crippen molar-refractivity contribution in [2.45, 2.75) is 20.8 Å². The van der Waals surface area contributed by atoms with Gasteiger partial charge < -0.3 is 10.5 Å². The summed E-state index contributed by atoms with van der Waals surface area (Å²) in [5.74, 6) is 1.34. The Kier molecular flexibility index (Phi) is 3.56. The van der Waals surface area contributed by atoms with E-state index in [4.69, 9.17) is 10.5 Å². The average molecular weight is 255 g/mol. The average Bonchev–Trinajstić information content (AvgIpc) is 2.37. The highest BCUT2D eigenvalue weighted by molar-refractivity contribution is 5.99. The molecule has 0 atom stereocenters. The van der Waals surface area contributed by atoms with Gasteiger partial charge >= 0.3 is 0 Å². The minimum Gasteiger partial charge on any atom is -0.457 e. The van der Waals surface area contributed by atoms with Gasteiger partial charge in [-0.05, 0) is 56.2 Å². The van der Waals surface area contributed by atoms with Crippen LogP contribution in [0.2, 0.25) is 0 Å². The normalized spacial score (nSPS) is 10.3. The van der Waals surface area contributed by atoms with Crippen LogP contribution >= 0.6 is 0 Å². The van der Waals surface area contributed by atoms with Gasteiger partial charge in [0.25, 0.3) is 0 Å². The molecule has 3 heteroatoms. The molecule has 0 aliphatic rings. The van der Waals surface area contributed by atoms with Crippen molar-refractivity contribution in [2.75, 3.05) is 5.73 Å². The Balaban J connectivity index is 2.36. The van der Waals surface area contributed by atoms with Crippen LogP contribution in [0, 0.1) is 13.8 Å². The molecule has 19 heavy (non-hydrogen) atoms. The molecule has 0 fully saturated rings. The van der Waals surface area contributed by atoms with E-state index in [0.29, 0.717) is 17.0 Å². The maximum Gasteiger partial charge on any atom is 0.162 e. The van der Waals surface area contributed by atoms with Gasteiger partial charge in [0, 0.05) is 11.3 Å². The van der Waals surface area contributed by atoms with Crippen molar-refractivity contribution >= 4 is 11.5 Å². The first-order valence-corrected chi connectivity index (χ1v) is 6.13. The third-order valence-corrected chi connectivity index (χ3v) is 3.19. The van der Waals surface area contributed by atoms with Crippen LogP contribution in [0.25, 0.3) is 0 Å². The smallest absolute Gasteiger partial charge is 0.162 e. The number of carbonyl (C=O) groups excluding carboxylic acids is 1. The molecule has 0 saturated heterocycles. The standard InChI is InChI=1S/C16H17NO2/c1-10-5-4-6-16(11(10)2)19-13-7-8-15(17)14(9-13)12(3)18/h4-9H,17H2,1-3H3. The maximum absolute atomic E-state index is 11.5. The van der Waals surface area contributed by atoms with Crippen molar-refractivity contribution in [1.29, 1.82) is 0 Å². The highest BCUT2D eigenvalue weighted by Gasteiger charge is 2.08. The van der Waals surface area contributed by atoms with Crippen molar-refractivity contribution < 1.29 is 9.53 Å². The van der Waals surface area contributed by atoms with E-state index in [0.717, 1.165) is 11.3 Å². The second-order valence-corrected chi connectivity index (χ2v) is 4.61.